The van der Waals surface area contributed by atoms with Crippen LogP contribution in [0.1, 0.15) is 27.6 Å². The SMILES string of the molecule is C/C(=C\CN1C(=O)c2ccccc2C1=O)CBr. The van der Waals surface area contributed by atoms with Crippen LogP contribution in [0.25, 0.3) is 0 Å². The Balaban J connectivity index is 2.25. The van der Waals surface area contributed by atoms with E-state index in [0.717, 1.165) is 10.9 Å². The molecule has 1 aromatic rings. The number of hydrogen-bond acceptors (Lipinski definition) is 2. The first-order valence-corrected chi connectivity index (χ1v) is 6.44. The lowest BCUT2D eigenvalue weighted by Gasteiger charge is -2.11. The molecule has 0 saturated heterocycles. The summed E-state index contributed by atoms with van der Waals surface area (Å²) >= 11 is 3.33. The van der Waals surface area contributed by atoms with Gasteiger partial charge >= 0.3 is 0 Å². The summed E-state index contributed by atoms with van der Waals surface area (Å²) in [6, 6.07) is 6.92. The van der Waals surface area contributed by atoms with Gasteiger partial charge in [-0.05, 0) is 19.1 Å². The number of carbonyl (C=O) groups is 2. The maximum Gasteiger partial charge on any atom is 0.261 e. The summed E-state index contributed by atoms with van der Waals surface area (Å²) in [7, 11) is 0. The zero-order chi connectivity index (χ0) is 12.4. The second-order valence-electron chi connectivity index (χ2n) is 3.95. The summed E-state index contributed by atoms with van der Waals surface area (Å²) in [5, 5.41) is 0.746. The van der Waals surface area contributed by atoms with Crippen molar-refractivity contribution in [2.75, 3.05) is 11.9 Å². The van der Waals surface area contributed by atoms with Crippen LogP contribution in [-0.2, 0) is 0 Å². The van der Waals surface area contributed by atoms with Crippen molar-refractivity contribution < 1.29 is 9.59 Å². The largest absolute Gasteiger partial charge is 0.270 e. The van der Waals surface area contributed by atoms with E-state index >= 15 is 0 Å². The molecule has 0 N–H and O–H groups in total. The summed E-state index contributed by atoms with van der Waals surface area (Å²) in [5.41, 5.74) is 2.10. The van der Waals surface area contributed by atoms with Gasteiger partial charge in [-0.25, -0.2) is 0 Å². The molecule has 2 rings (SSSR count). The molecule has 2 amide bonds. The Bertz CT molecular complexity index is 473. The molecule has 0 aromatic heterocycles. The maximum atomic E-state index is 12.0. The number of rotatable bonds is 3. The summed E-state index contributed by atoms with van der Waals surface area (Å²) in [4.78, 5) is 25.2. The van der Waals surface area contributed by atoms with Gasteiger partial charge in [-0.15, -0.1) is 0 Å². The van der Waals surface area contributed by atoms with Gasteiger partial charge in [0.05, 0.1) is 11.1 Å². The predicted molar refractivity (Wildman–Crippen MR) is 69.4 cm³/mol. The molecule has 0 unspecified atom stereocenters. The van der Waals surface area contributed by atoms with E-state index in [9.17, 15) is 9.59 Å². The van der Waals surface area contributed by atoms with E-state index in [1.807, 2.05) is 13.0 Å². The third-order valence-electron chi connectivity index (χ3n) is 2.71. The number of allylic oxidation sites excluding steroid dienone is 1. The van der Waals surface area contributed by atoms with Crippen molar-refractivity contribution >= 4 is 27.7 Å². The number of alkyl halides is 1. The molecule has 0 spiro atoms. The van der Waals surface area contributed by atoms with Crippen LogP contribution in [0.2, 0.25) is 0 Å². The van der Waals surface area contributed by atoms with Crippen LogP contribution < -0.4 is 0 Å². The van der Waals surface area contributed by atoms with Crippen molar-refractivity contribution in [3.05, 3.63) is 47.0 Å². The van der Waals surface area contributed by atoms with E-state index in [1.54, 1.807) is 24.3 Å². The molecule has 0 saturated carbocycles. The van der Waals surface area contributed by atoms with E-state index in [-0.39, 0.29) is 11.8 Å². The van der Waals surface area contributed by atoms with E-state index in [2.05, 4.69) is 15.9 Å². The van der Waals surface area contributed by atoms with Gasteiger partial charge in [0.1, 0.15) is 0 Å². The Morgan fingerprint density at radius 3 is 2.24 bits per heavy atom. The minimum Gasteiger partial charge on any atom is -0.270 e. The quantitative estimate of drug-likeness (QED) is 0.488. The molecule has 1 aliphatic heterocycles. The van der Waals surface area contributed by atoms with Crippen molar-refractivity contribution in [2.45, 2.75) is 6.92 Å². The number of fused-ring (bicyclic) bond motifs is 1. The molecular formula is C13H12BrNO2. The molecule has 17 heavy (non-hydrogen) atoms. The van der Waals surface area contributed by atoms with E-state index in [4.69, 9.17) is 0 Å². The fourth-order valence-electron chi connectivity index (χ4n) is 1.71. The lowest BCUT2D eigenvalue weighted by molar-refractivity contribution is 0.0672. The van der Waals surface area contributed by atoms with Crippen LogP contribution in [0.3, 0.4) is 0 Å². The van der Waals surface area contributed by atoms with Gasteiger partial charge in [0.2, 0.25) is 0 Å². The highest BCUT2D eigenvalue weighted by Crippen LogP contribution is 2.22. The van der Waals surface area contributed by atoms with E-state index in [1.165, 1.54) is 4.90 Å². The molecular weight excluding hydrogens is 282 g/mol. The van der Waals surface area contributed by atoms with Gasteiger partial charge in [0.15, 0.2) is 0 Å². The Hall–Kier alpha value is -1.42. The number of halogens is 1. The van der Waals surface area contributed by atoms with Gasteiger partial charge in [-0.1, -0.05) is 39.7 Å². The van der Waals surface area contributed by atoms with Crippen LogP contribution in [0.5, 0.6) is 0 Å². The standard InChI is InChI=1S/C13H12BrNO2/c1-9(8-14)6-7-15-12(16)10-4-2-3-5-11(10)13(15)17/h2-6H,7-8H2,1H3/b9-6+. The second-order valence-corrected chi connectivity index (χ2v) is 4.51. The second kappa shape index (κ2) is 4.84. The molecule has 0 radical (unpaired) electrons. The van der Waals surface area contributed by atoms with Crippen molar-refractivity contribution in [1.29, 1.82) is 0 Å². The van der Waals surface area contributed by atoms with Crippen LogP contribution in [0, 0.1) is 0 Å². The summed E-state index contributed by atoms with van der Waals surface area (Å²) in [5.74, 6) is -0.409. The highest BCUT2D eigenvalue weighted by atomic mass is 79.9. The predicted octanol–water partition coefficient (Wildman–Crippen LogP) is 2.62. The normalized spacial score (nSPS) is 15.4. The Kier molecular flexibility index (Phi) is 3.43. The lowest BCUT2D eigenvalue weighted by Crippen LogP contribution is -2.29. The highest BCUT2D eigenvalue weighted by Gasteiger charge is 2.34. The minimum atomic E-state index is -0.204. The Morgan fingerprint density at radius 2 is 1.76 bits per heavy atom. The zero-order valence-corrected chi connectivity index (χ0v) is 11.0. The lowest BCUT2D eigenvalue weighted by atomic mass is 10.1. The molecule has 1 heterocycles. The van der Waals surface area contributed by atoms with Crippen LogP contribution in [0.15, 0.2) is 35.9 Å². The number of carbonyl (C=O) groups excluding carboxylic acids is 2. The number of nitrogens with zero attached hydrogens (tertiary/aromatic N) is 1. The van der Waals surface area contributed by atoms with E-state index in [0.29, 0.717) is 17.7 Å². The van der Waals surface area contributed by atoms with Crippen molar-refractivity contribution in [3.8, 4) is 0 Å². The van der Waals surface area contributed by atoms with Crippen molar-refractivity contribution in [3.63, 3.8) is 0 Å². The molecule has 1 aliphatic rings. The smallest absolute Gasteiger partial charge is 0.261 e. The Labute approximate surface area is 108 Å². The van der Waals surface area contributed by atoms with Crippen molar-refractivity contribution in [2.24, 2.45) is 0 Å². The third-order valence-corrected chi connectivity index (χ3v) is 3.60. The molecule has 4 heteroatoms. The number of amides is 2. The van der Waals surface area contributed by atoms with Gasteiger partial charge in [-0.2, -0.15) is 0 Å². The number of benzene rings is 1. The Morgan fingerprint density at radius 1 is 1.24 bits per heavy atom. The first-order chi connectivity index (χ1) is 8.15. The zero-order valence-electron chi connectivity index (χ0n) is 9.44. The van der Waals surface area contributed by atoms with Gasteiger partial charge in [0, 0.05) is 11.9 Å². The molecule has 3 nitrogen and oxygen atoms in total. The molecule has 0 bridgehead atoms. The monoisotopic (exact) mass is 293 g/mol. The van der Waals surface area contributed by atoms with Crippen LogP contribution >= 0.6 is 15.9 Å². The third kappa shape index (κ3) is 2.17. The first-order valence-electron chi connectivity index (χ1n) is 5.32. The fraction of sp³-hybridized carbons (Fsp3) is 0.231. The topological polar surface area (TPSA) is 37.4 Å². The van der Waals surface area contributed by atoms with Gasteiger partial charge < -0.3 is 0 Å². The summed E-state index contributed by atoms with van der Waals surface area (Å²) < 4.78 is 0. The molecule has 0 fully saturated rings. The molecule has 1 aromatic carbocycles. The maximum absolute atomic E-state index is 12.0. The number of imide groups is 1. The molecule has 0 atom stereocenters. The van der Waals surface area contributed by atoms with Gasteiger partial charge in [0.25, 0.3) is 11.8 Å². The summed E-state index contributed by atoms with van der Waals surface area (Å²) in [6.45, 7) is 2.29. The average molecular weight is 294 g/mol. The first kappa shape index (κ1) is 12.0. The van der Waals surface area contributed by atoms with Crippen LogP contribution in [-0.4, -0.2) is 28.6 Å². The van der Waals surface area contributed by atoms with Crippen molar-refractivity contribution in [1.82, 2.24) is 4.90 Å². The molecule has 88 valence electrons. The minimum absolute atomic E-state index is 0.204. The number of hydrogen-bond donors (Lipinski definition) is 0. The van der Waals surface area contributed by atoms with Crippen LogP contribution in [0.4, 0.5) is 0 Å². The average Bonchev–Trinajstić information content (AvgIpc) is 2.60. The van der Waals surface area contributed by atoms with E-state index < -0.39 is 0 Å². The van der Waals surface area contributed by atoms with Gasteiger partial charge in [-0.3, -0.25) is 14.5 Å². The highest BCUT2D eigenvalue weighted by molar-refractivity contribution is 9.09. The fourth-order valence-corrected chi connectivity index (χ4v) is 1.94. The summed E-state index contributed by atoms with van der Waals surface area (Å²) in [6.07, 6.45) is 1.89. The molecule has 0 aliphatic carbocycles.